The molecule has 0 aliphatic rings. The maximum absolute atomic E-state index is 14.2. The molecule has 0 spiro atoms. The molecule has 0 saturated carbocycles. The van der Waals surface area contributed by atoms with Gasteiger partial charge in [-0.05, 0) is 75.4 Å². The number of benzene rings is 2. The average molecular weight is 559 g/mol. The Bertz CT molecular complexity index is 1520. The van der Waals surface area contributed by atoms with Gasteiger partial charge in [-0.3, -0.25) is 14.5 Å². The molecule has 2 amide bonds. The Morgan fingerprint density at radius 1 is 1.05 bits per heavy atom. The minimum absolute atomic E-state index is 0.0311. The lowest BCUT2D eigenvalue weighted by Gasteiger charge is -2.32. The van der Waals surface area contributed by atoms with Crippen LogP contribution in [0, 0.1) is 12.7 Å². The topological polar surface area (TPSA) is 106 Å². The number of hydrogen-bond acceptors (Lipinski definition) is 6. The van der Waals surface area contributed by atoms with Crippen molar-refractivity contribution in [3.8, 4) is 11.4 Å². The lowest BCUT2D eigenvalue weighted by molar-refractivity contribution is -0.137. The normalized spacial score (nSPS) is 12.7. The predicted octanol–water partition coefficient (Wildman–Crippen LogP) is 5.09. The third-order valence-corrected chi connectivity index (χ3v) is 5.60. The fourth-order valence-electron chi connectivity index (χ4n) is 3.94. The van der Waals surface area contributed by atoms with E-state index in [1.165, 1.54) is 30.3 Å². The van der Waals surface area contributed by atoms with Gasteiger partial charge in [-0.25, -0.2) is 4.39 Å². The summed E-state index contributed by atoms with van der Waals surface area (Å²) >= 11 is 0. The minimum Gasteiger partial charge on any atom is -0.464 e. The molecule has 0 bridgehead atoms. The van der Waals surface area contributed by atoms with Gasteiger partial charge >= 0.3 is 6.18 Å². The molecule has 0 aliphatic carbocycles. The van der Waals surface area contributed by atoms with Gasteiger partial charge in [0.15, 0.2) is 6.04 Å². The summed E-state index contributed by atoms with van der Waals surface area (Å²) in [5, 5.41) is 14.4. The second kappa shape index (κ2) is 10.9. The fraction of sp³-hybridized carbons (Fsp3) is 0.296. The quantitative estimate of drug-likeness (QED) is 0.317. The van der Waals surface area contributed by atoms with Crippen LogP contribution in [0.25, 0.3) is 11.4 Å². The van der Waals surface area contributed by atoms with Crippen LogP contribution in [-0.4, -0.2) is 37.6 Å². The number of alkyl halides is 3. The van der Waals surface area contributed by atoms with Gasteiger partial charge in [0, 0.05) is 11.2 Å². The van der Waals surface area contributed by atoms with Crippen molar-refractivity contribution in [2.45, 2.75) is 52.0 Å². The molecule has 0 unspecified atom stereocenters. The molecule has 9 nitrogen and oxygen atoms in total. The standard InChI is InChI=1S/C27H26F4N6O3/c1-16-12-13-21(40-16)23(25(39)32-26(2,3)4)37(18-9-7-8-17(14-18)27(29,30)31)22(38)15-36-34-24(33-35-36)19-10-5-6-11-20(19)28/h5-14,23H,15H2,1-4H3,(H,32,39)/t23-/m0/s1. The molecule has 0 radical (unpaired) electrons. The molecule has 1 N–H and O–H groups in total. The van der Waals surface area contributed by atoms with E-state index in [1.807, 2.05) is 0 Å². The maximum Gasteiger partial charge on any atom is 0.416 e. The van der Waals surface area contributed by atoms with E-state index < -0.39 is 47.5 Å². The molecule has 1 atom stereocenters. The van der Waals surface area contributed by atoms with Crippen molar-refractivity contribution in [3.63, 3.8) is 0 Å². The first-order valence-electron chi connectivity index (χ1n) is 12.1. The molecule has 4 rings (SSSR count). The van der Waals surface area contributed by atoms with Crippen molar-refractivity contribution in [1.82, 2.24) is 25.5 Å². The van der Waals surface area contributed by atoms with Crippen molar-refractivity contribution in [1.29, 1.82) is 0 Å². The van der Waals surface area contributed by atoms with Crippen LogP contribution in [0.4, 0.5) is 23.2 Å². The summed E-state index contributed by atoms with van der Waals surface area (Å²) in [7, 11) is 0. The molecule has 40 heavy (non-hydrogen) atoms. The van der Waals surface area contributed by atoms with Crippen LogP contribution in [0.3, 0.4) is 0 Å². The van der Waals surface area contributed by atoms with Gasteiger partial charge in [0.2, 0.25) is 5.82 Å². The summed E-state index contributed by atoms with van der Waals surface area (Å²) in [5.41, 5.74) is -1.93. The van der Waals surface area contributed by atoms with Gasteiger partial charge in [-0.1, -0.05) is 18.2 Å². The first-order chi connectivity index (χ1) is 18.7. The van der Waals surface area contributed by atoms with Crippen LogP contribution in [0.2, 0.25) is 0 Å². The number of nitrogens with zero attached hydrogens (tertiary/aromatic N) is 5. The predicted molar refractivity (Wildman–Crippen MR) is 136 cm³/mol. The highest BCUT2D eigenvalue weighted by atomic mass is 19.4. The first kappa shape index (κ1) is 28.5. The number of furan rings is 1. The zero-order valence-corrected chi connectivity index (χ0v) is 22.0. The Labute approximate surface area is 226 Å². The summed E-state index contributed by atoms with van der Waals surface area (Å²) in [6, 6.07) is 11.3. The average Bonchev–Trinajstić information content (AvgIpc) is 3.50. The van der Waals surface area contributed by atoms with Crippen LogP contribution < -0.4 is 10.2 Å². The highest BCUT2D eigenvalue weighted by Gasteiger charge is 2.38. The highest BCUT2D eigenvalue weighted by molar-refractivity contribution is 6.01. The number of rotatable bonds is 7. The molecule has 0 saturated heterocycles. The largest absolute Gasteiger partial charge is 0.464 e. The summed E-state index contributed by atoms with van der Waals surface area (Å²) < 4.78 is 60.8. The molecule has 13 heteroatoms. The smallest absolute Gasteiger partial charge is 0.416 e. The molecule has 210 valence electrons. The van der Waals surface area contributed by atoms with Gasteiger partial charge in [-0.15, -0.1) is 10.2 Å². The highest BCUT2D eigenvalue weighted by Crippen LogP contribution is 2.35. The van der Waals surface area contributed by atoms with E-state index in [1.54, 1.807) is 39.8 Å². The first-order valence-corrected chi connectivity index (χ1v) is 12.1. The SMILES string of the molecule is Cc1ccc([C@@H](C(=O)NC(C)(C)C)N(C(=O)Cn2nnc(-c3ccccc3F)n2)c2cccc(C(F)(F)F)c2)o1. The summed E-state index contributed by atoms with van der Waals surface area (Å²) in [4.78, 5) is 29.1. The van der Waals surface area contributed by atoms with E-state index in [2.05, 4.69) is 20.7 Å². The monoisotopic (exact) mass is 558 g/mol. The summed E-state index contributed by atoms with van der Waals surface area (Å²) in [6.45, 7) is 6.15. The third-order valence-electron chi connectivity index (χ3n) is 5.60. The number of hydrogen-bond donors (Lipinski definition) is 1. The molecule has 4 aromatic rings. The lowest BCUT2D eigenvalue weighted by Crippen LogP contribution is -2.50. The molecule has 0 aliphatic heterocycles. The summed E-state index contributed by atoms with van der Waals surface area (Å²) in [6.07, 6.45) is -4.71. The van der Waals surface area contributed by atoms with Crippen molar-refractivity contribution in [2.75, 3.05) is 4.90 Å². The number of carbonyl (C=O) groups is 2. The third kappa shape index (κ3) is 6.53. The lowest BCUT2D eigenvalue weighted by atomic mass is 10.0. The second-order valence-corrected chi connectivity index (χ2v) is 10.0. The van der Waals surface area contributed by atoms with Gasteiger partial charge < -0.3 is 9.73 Å². The van der Waals surface area contributed by atoms with E-state index in [0.29, 0.717) is 5.76 Å². The van der Waals surface area contributed by atoms with Gasteiger partial charge in [0.25, 0.3) is 11.8 Å². The Balaban J connectivity index is 1.79. The molecular formula is C27H26F4N6O3. The number of amides is 2. The number of halogens is 4. The maximum atomic E-state index is 14.2. The van der Waals surface area contributed by atoms with Crippen LogP contribution in [0.5, 0.6) is 0 Å². The molecular weight excluding hydrogens is 532 g/mol. The zero-order valence-electron chi connectivity index (χ0n) is 22.0. The molecule has 2 heterocycles. The number of aryl methyl sites for hydroxylation is 1. The van der Waals surface area contributed by atoms with Crippen LogP contribution in [0.1, 0.15) is 43.9 Å². The van der Waals surface area contributed by atoms with Crippen molar-refractivity contribution in [2.24, 2.45) is 0 Å². The Kier molecular flexibility index (Phi) is 7.76. The molecule has 0 fully saturated rings. The molecule has 2 aromatic heterocycles. The van der Waals surface area contributed by atoms with E-state index in [4.69, 9.17) is 4.42 Å². The van der Waals surface area contributed by atoms with Crippen molar-refractivity contribution in [3.05, 3.63) is 83.6 Å². The van der Waals surface area contributed by atoms with Crippen molar-refractivity contribution >= 4 is 17.5 Å². The number of aromatic nitrogens is 4. The number of carbonyl (C=O) groups excluding carboxylic acids is 2. The van der Waals surface area contributed by atoms with E-state index in [9.17, 15) is 27.2 Å². The number of anilines is 1. The second-order valence-electron chi connectivity index (χ2n) is 10.0. The van der Waals surface area contributed by atoms with E-state index >= 15 is 0 Å². The van der Waals surface area contributed by atoms with Crippen LogP contribution in [0.15, 0.2) is 65.1 Å². The number of nitrogens with one attached hydrogen (secondary N) is 1. The van der Waals surface area contributed by atoms with Crippen LogP contribution >= 0.6 is 0 Å². The zero-order chi connectivity index (χ0) is 29.2. The van der Waals surface area contributed by atoms with Gasteiger partial charge in [0.05, 0.1) is 11.1 Å². The van der Waals surface area contributed by atoms with Gasteiger partial charge in [-0.2, -0.15) is 18.0 Å². The number of tetrazole rings is 1. The Morgan fingerprint density at radius 3 is 2.40 bits per heavy atom. The fourth-order valence-corrected chi connectivity index (χ4v) is 3.94. The van der Waals surface area contributed by atoms with Gasteiger partial charge in [0.1, 0.15) is 23.9 Å². The summed E-state index contributed by atoms with van der Waals surface area (Å²) in [5.74, 6) is -1.78. The molecule has 2 aromatic carbocycles. The van der Waals surface area contributed by atoms with Crippen LogP contribution in [-0.2, 0) is 22.3 Å². The van der Waals surface area contributed by atoms with E-state index in [-0.39, 0.29) is 22.8 Å². The minimum atomic E-state index is -4.71. The Hall–Kier alpha value is -4.55. The van der Waals surface area contributed by atoms with Crippen molar-refractivity contribution < 1.29 is 31.6 Å². The van der Waals surface area contributed by atoms with E-state index in [0.717, 1.165) is 27.9 Å². The Morgan fingerprint density at radius 2 is 1.77 bits per heavy atom.